The van der Waals surface area contributed by atoms with E-state index < -0.39 is 44.1 Å². The number of hydrogen-bond acceptors (Lipinski definition) is 0. The van der Waals surface area contributed by atoms with E-state index in [4.69, 9.17) is 46.4 Å². The Balaban J connectivity index is 2.45. The molecule has 0 saturated heterocycles. The van der Waals surface area contributed by atoms with Crippen molar-refractivity contribution >= 4 is 78.7 Å². The fraction of sp³-hybridized carbons (Fsp3) is 0. The van der Waals surface area contributed by atoms with E-state index in [1.54, 1.807) is 24.3 Å². The third-order valence-corrected chi connectivity index (χ3v) is 5.78. The number of benzene rings is 4. The number of fused-ring (bicyclic) bond motifs is 3. The standard InChI is InChI=1S/C18H4Cl4F4/c19-11-5-3-1-2-4-6(5)12(20)8-7(11)13(21)9-10(14(8)22)16(24)18(26)17(25)15(9)23/h1-4H. The van der Waals surface area contributed by atoms with E-state index >= 15 is 0 Å². The van der Waals surface area contributed by atoms with Crippen LogP contribution in [-0.2, 0) is 0 Å². The molecule has 0 bridgehead atoms. The topological polar surface area (TPSA) is 0 Å². The fourth-order valence-electron chi connectivity index (χ4n) is 3.06. The van der Waals surface area contributed by atoms with Crippen molar-refractivity contribution in [2.24, 2.45) is 0 Å². The highest BCUT2D eigenvalue weighted by Gasteiger charge is 2.28. The molecule has 0 N–H and O–H groups in total. The highest BCUT2D eigenvalue weighted by atomic mass is 35.5. The molecule has 0 amide bonds. The van der Waals surface area contributed by atoms with Crippen molar-refractivity contribution in [2.75, 3.05) is 0 Å². The van der Waals surface area contributed by atoms with Gasteiger partial charge in [0.2, 0.25) is 0 Å². The first-order valence-electron chi connectivity index (χ1n) is 7.09. The van der Waals surface area contributed by atoms with Crippen LogP contribution in [-0.4, -0.2) is 0 Å². The van der Waals surface area contributed by atoms with Gasteiger partial charge in [0.15, 0.2) is 23.3 Å². The van der Waals surface area contributed by atoms with Crippen LogP contribution in [0.25, 0.3) is 32.3 Å². The van der Waals surface area contributed by atoms with Gasteiger partial charge in [-0.1, -0.05) is 70.7 Å². The Kier molecular flexibility index (Phi) is 4.16. The molecule has 0 radical (unpaired) electrons. The highest BCUT2D eigenvalue weighted by molar-refractivity contribution is 6.56. The van der Waals surface area contributed by atoms with Crippen molar-refractivity contribution in [3.8, 4) is 0 Å². The van der Waals surface area contributed by atoms with Crippen molar-refractivity contribution in [1.82, 2.24) is 0 Å². The zero-order valence-electron chi connectivity index (χ0n) is 12.3. The normalized spacial score (nSPS) is 11.8. The molecular weight excluding hydrogens is 434 g/mol. The van der Waals surface area contributed by atoms with Gasteiger partial charge >= 0.3 is 0 Å². The monoisotopic (exact) mass is 436 g/mol. The molecule has 0 saturated carbocycles. The second-order valence-corrected chi connectivity index (χ2v) is 7.07. The summed E-state index contributed by atoms with van der Waals surface area (Å²) in [6.07, 6.45) is 0. The highest BCUT2D eigenvalue weighted by Crippen LogP contribution is 2.50. The molecule has 4 rings (SSSR count). The molecule has 4 aromatic rings. The maximum atomic E-state index is 14.4. The van der Waals surface area contributed by atoms with Crippen LogP contribution in [0.5, 0.6) is 0 Å². The average Bonchev–Trinajstić information content (AvgIpc) is 2.63. The summed E-state index contributed by atoms with van der Waals surface area (Å²) >= 11 is 25.3. The van der Waals surface area contributed by atoms with Gasteiger partial charge < -0.3 is 0 Å². The molecule has 0 fully saturated rings. The molecule has 4 aromatic carbocycles. The van der Waals surface area contributed by atoms with Gasteiger partial charge in [0.25, 0.3) is 0 Å². The van der Waals surface area contributed by atoms with Gasteiger partial charge in [0, 0.05) is 32.3 Å². The molecule has 0 heterocycles. The SMILES string of the molecule is Fc1c(F)c(F)c2c(Cl)c3c(Cl)c4ccccc4c(Cl)c3c(Cl)c2c1F. The van der Waals surface area contributed by atoms with Crippen LogP contribution in [0.15, 0.2) is 24.3 Å². The minimum absolute atomic E-state index is 0.0267. The van der Waals surface area contributed by atoms with Gasteiger partial charge in [0.1, 0.15) is 0 Å². The predicted octanol–water partition coefficient (Wildman–Crippen LogP) is 8.32. The molecule has 0 aliphatic rings. The van der Waals surface area contributed by atoms with Gasteiger partial charge in [-0.15, -0.1) is 0 Å². The Bertz CT molecular complexity index is 1170. The zero-order chi connectivity index (χ0) is 18.9. The summed E-state index contributed by atoms with van der Waals surface area (Å²) in [5, 5.41) is -1.02. The van der Waals surface area contributed by atoms with Crippen LogP contribution in [0.4, 0.5) is 17.6 Å². The van der Waals surface area contributed by atoms with Gasteiger partial charge in [0.05, 0.1) is 20.1 Å². The van der Waals surface area contributed by atoms with Crippen LogP contribution in [0.1, 0.15) is 0 Å². The summed E-state index contributed by atoms with van der Waals surface area (Å²) in [5.74, 6) is -7.30. The first-order chi connectivity index (χ1) is 12.3. The van der Waals surface area contributed by atoms with Crippen molar-refractivity contribution in [3.63, 3.8) is 0 Å². The molecule has 26 heavy (non-hydrogen) atoms. The van der Waals surface area contributed by atoms with Crippen molar-refractivity contribution in [2.45, 2.75) is 0 Å². The molecule has 0 atom stereocenters. The van der Waals surface area contributed by atoms with Crippen LogP contribution in [0.2, 0.25) is 20.1 Å². The number of halogens is 8. The van der Waals surface area contributed by atoms with E-state index in [0.717, 1.165) is 0 Å². The quantitative estimate of drug-likeness (QED) is 0.112. The van der Waals surface area contributed by atoms with Gasteiger partial charge in [-0.25, -0.2) is 17.6 Å². The Morgan fingerprint density at radius 3 is 1.15 bits per heavy atom. The zero-order valence-corrected chi connectivity index (χ0v) is 15.4. The Morgan fingerprint density at radius 1 is 0.462 bits per heavy atom. The lowest BCUT2D eigenvalue weighted by Crippen LogP contribution is -2.00. The Labute approximate surface area is 163 Å². The molecule has 0 aliphatic carbocycles. The molecule has 0 nitrogen and oxygen atoms in total. The van der Waals surface area contributed by atoms with Gasteiger partial charge in [-0.05, 0) is 0 Å². The van der Waals surface area contributed by atoms with Crippen LogP contribution in [0.3, 0.4) is 0 Å². The van der Waals surface area contributed by atoms with Crippen molar-refractivity contribution < 1.29 is 17.6 Å². The molecular formula is C18H4Cl4F4. The average molecular weight is 438 g/mol. The van der Waals surface area contributed by atoms with Gasteiger partial charge in [-0.2, -0.15) is 0 Å². The third kappa shape index (κ3) is 2.16. The molecule has 0 aromatic heterocycles. The predicted molar refractivity (Wildman–Crippen MR) is 98.8 cm³/mol. The van der Waals surface area contributed by atoms with E-state index in [2.05, 4.69) is 0 Å². The summed E-state index contributed by atoms with van der Waals surface area (Å²) in [7, 11) is 0. The largest absolute Gasteiger partial charge is 0.203 e. The smallest absolute Gasteiger partial charge is 0.198 e. The summed E-state index contributed by atoms with van der Waals surface area (Å²) in [4.78, 5) is 0. The van der Waals surface area contributed by atoms with Crippen molar-refractivity contribution in [3.05, 3.63) is 67.6 Å². The summed E-state index contributed by atoms with van der Waals surface area (Å²) in [5.41, 5.74) is 0. The second-order valence-electron chi connectivity index (χ2n) is 5.56. The summed E-state index contributed by atoms with van der Waals surface area (Å²) in [6.45, 7) is 0. The summed E-state index contributed by atoms with van der Waals surface area (Å²) < 4.78 is 56.1. The van der Waals surface area contributed by atoms with E-state index in [9.17, 15) is 17.6 Å². The number of hydrogen-bond donors (Lipinski definition) is 0. The van der Waals surface area contributed by atoms with E-state index in [-0.39, 0.29) is 20.8 Å². The summed E-state index contributed by atoms with van der Waals surface area (Å²) in [6, 6.07) is 6.70. The molecule has 0 unspecified atom stereocenters. The molecule has 0 spiro atoms. The second kappa shape index (κ2) is 6.03. The Morgan fingerprint density at radius 2 is 0.808 bits per heavy atom. The van der Waals surface area contributed by atoms with Crippen LogP contribution >= 0.6 is 46.4 Å². The maximum absolute atomic E-state index is 14.4. The first-order valence-corrected chi connectivity index (χ1v) is 8.60. The van der Waals surface area contributed by atoms with Crippen LogP contribution < -0.4 is 0 Å². The molecule has 132 valence electrons. The minimum Gasteiger partial charge on any atom is -0.203 e. The van der Waals surface area contributed by atoms with E-state index in [0.29, 0.717) is 10.8 Å². The lowest BCUT2D eigenvalue weighted by atomic mass is 9.98. The lowest BCUT2D eigenvalue weighted by Gasteiger charge is -2.16. The Hall–Kier alpha value is -1.46. The third-order valence-electron chi connectivity index (χ3n) is 4.23. The van der Waals surface area contributed by atoms with Gasteiger partial charge in [-0.3, -0.25) is 0 Å². The lowest BCUT2D eigenvalue weighted by molar-refractivity contribution is 0.418. The first kappa shape index (κ1) is 17.9. The van der Waals surface area contributed by atoms with Crippen molar-refractivity contribution in [1.29, 1.82) is 0 Å². The fourth-order valence-corrected chi connectivity index (χ4v) is 4.60. The molecule has 0 aliphatic heterocycles. The van der Waals surface area contributed by atoms with E-state index in [1.165, 1.54) is 0 Å². The van der Waals surface area contributed by atoms with Crippen LogP contribution in [0, 0.1) is 23.3 Å². The number of rotatable bonds is 0. The maximum Gasteiger partial charge on any atom is 0.198 e. The minimum atomic E-state index is -1.99. The molecule has 8 heteroatoms. The van der Waals surface area contributed by atoms with E-state index in [1.807, 2.05) is 0 Å².